The van der Waals surface area contributed by atoms with Gasteiger partial charge in [-0.3, -0.25) is 9.59 Å². The molecule has 0 bridgehead atoms. The Bertz CT molecular complexity index is 957. The second kappa shape index (κ2) is 5.73. The van der Waals surface area contributed by atoms with E-state index in [0.717, 1.165) is 10.0 Å². The molecule has 0 radical (unpaired) electrons. The summed E-state index contributed by atoms with van der Waals surface area (Å²) >= 11 is 3.39. The van der Waals surface area contributed by atoms with Crippen LogP contribution in [0.15, 0.2) is 75.1 Å². The number of allylic oxidation sites excluding steroid dienone is 1. The maximum atomic E-state index is 12.4. The fourth-order valence-corrected chi connectivity index (χ4v) is 3.01. The average Bonchev–Trinajstić information content (AvgIpc) is 3.16. The number of fused-ring (bicyclic) bond motifs is 1. The highest BCUT2D eigenvalue weighted by Gasteiger charge is 2.32. The second-order valence-electron chi connectivity index (χ2n) is 5.47. The summed E-state index contributed by atoms with van der Waals surface area (Å²) in [4.78, 5) is 24.8. The number of benzene rings is 2. The van der Waals surface area contributed by atoms with E-state index in [1.54, 1.807) is 30.3 Å². The Balaban J connectivity index is 1.69. The lowest BCUT2D eigenvalue weighted by atomic mass is 10.1. The first-order valence-electron chi connectivity index (χ1n) is 7.39. The van der Waals surface area contributed by atoms with Gasteiger partial charge < -0.3 is 4.42 Å². The van der Waals surface area contributed by atoms with Gasteiger partial charge in [-0.05, 0) is 30.3 Å². The van der Waals surface area contributed by atoms with E-state index in [1.165, 1.54) is 6.08 Å². The van der Waals surface area contributed by atoms with Crippen molar-refractivity contribution >= 4 is 33.6 Å². The molecule has 2 aromatic carbocycles. The maximum Gasteiger partial charge on any atom is 0.197 e. The van der Waals surface area contributed by atoms with Gasteiger partial charge in [0.15, 0.2) is 11.6 Å². The largest absolute Gasteiger partial charge is 0.457 e. The molecule has 0 atom stereocenters. The first-order chi connectivity index (χ1) is 11.6. The minimum atomic E-state index is -0.253. The number of rotatable bonds is 2. The second-order valence-corrected chi connectivity index (χ2v) is 6.39. The number of carbonyl (C=O) groups is 2. The van der Waals surface area contributed by atoms with Crippen LogP contribution in [0.5, 0.6) is 0 Å². The van der Waals surface area contributed by atoms with Gasteiger partial charge in [0.05, 0.1) is 5.57 Å². The quantitative estimate of drug-likeness (QED) is 0.456. The Kier molecular flexibility index (Phi) is 3.54. The van der Waals surface area contributed by atoms with Gasteiger partial charge in [0, 0.05) is 21.2 Å². The monoisotopic (exact) mass is 378 g/mol. The minimum Gasteiger partial charge on any atom is -0.457 e. The standard InChI is InChI=1S/C20H11BrO3/c21-13-7-5-12(6-8-13)18-10-9-14(24-18)11-17-19(22)15-3-1-2-4-16(15)20(17)23/h1-11H. The Labute approximate surface area is 146 Å². The highest BCUT2D eigenvalue weighted by molar-refractivity contribution is 9.10. The predicted octanol–water partition coefficient (Wildman–Crippen LogP) is 5.17. The van der Waals surface area contributed by atoms with E-state index in [-0.39, 0.29) is 17.1 Å². The van der Waals surface area contributed by atoms with Crippen molar-refractivity contribution in [1.29, 1.82) is 0 Å². The molecule has 0 spiro atoms. The number of carbonyl (C=O) groups excluding carboxylic acids is 2. The van der Waals surface area contributed by atoms with Crippen LogP contribution in [0, 0.1) is 0 Å². The summed E-state index contributed by atoms with van der Waals surface area (Å²) < 4.78 is 6.76. The molecule has 0 N–H and O–H groups in total. The number of ketones is 2. The van der Waals surface area contributed by atoms with E-state index >= 15 is 0 Å². The van der Waals surface area contributed by atoms with E-state index < -0.39 is 0 Å². The van der Waals surface area contributed by atoms with Gasteiger partial charge in [-0.15, -0.1) is 0 Å². The third kappa shape index (κ3) is 2.45. The smallest absolute Gasteiger partial charge is 0.197 e. The van der Waals surface area contributed by atoms with Crippen LogP contribution in [0.3, 0.4) is 0 Å². The summed E-state index contributed by atoms with van der Waals surface area (Å²) in [5.41, 5.74) is 1.98. The van der Waals surface area contributed by atoms with Crippen LogP contribution in [0.4, 0.5) is 0 Å². The molecule has 3 nitrogen and oxygen atoms in total. The number of hydrogen-bond acceptors (Lipinski definition) is 3. The zero-order valence-corrected chi connectivity index (χ0v) is 14.0. The van der Waals surface area contributed by atoms with Gasteiger partial charge >= 0.3 is 0 Å². The number of hydrogen-bond donors (Lipinski definition) is 0. The van der Waals surface area contributed by atoms with Crippen LogP contribution < -0.4 is 0 Å². The molecule has 0 fully saturated rings. The molecular weight excluding hydrogens is 368 g/mol. The van der Waals surface area contributed by atoms with Gasteiger partial charge in [-0.1, -0.05) is 52.3 Å². The SMILES string of the molecule is O=C1C(=Cc2ccc(-c3ccc(Br)cc3)o2)C(=O)c2ccccc21. The molecule has 1 aliphatic rings. The average molecular weight is 379 g/mol. The molecule has 4 rings (SSSR count). The molecule has 0 saturated heterocycles. The van der Waals surface area contributed by atoms with Crippen molar-refractivity contribution in [3.63, 3.8) is 0 Å². The Morgan fingerprint density at radius 3 is 2.04 bits per heavy atom. The lowest BCUT2D eigenvalue weighted by molar-refractivity contribution is 0.0990. The molecule has 24 heavy (non-hydrogen) atoms. The van der Waals surface area contributed by atoms with E-state index in [0.29, 0.717) is 22.6 Å². The van der Waals surface area contributed by atoms with Crippen molar-refractivity contribution in [3.05, 3.63) is 87.6 Å². The molecule has 1 aromatic heterocycles. The Hall–Kier alpha value is -2.72. The molecule has 0 aliphatic heterocycles. The predicted molar refractivity (Wildman–Crippen MR) is 94.9 cm³/mol. The van der Waals surface area contributed by atoms with Crippen LogP contribution in [0.2, 0.25) is 0 Å². The van der Waals surface area contributed by atoms with Crippen molar-refractivity contribution in [2.75, 3.05) is 0 Å². The summed E-state index contributed by atoms with van der Waals surface area (Å²) in [6.07, 6.45) is 1.52. The molecule has 1 aliphatic carbocycles. The molecule has 4 heteroatoms. The third-order valence-electron chi connectivity index (χ3n) is 3.95. The third-order valence-corrected chi connectivity index (χ3v) is 4.48. The van der Waals surface area contributed by atoms with Gasteiger partial charge in [0.1, 0.15) is 11.5 Å². The fourth-order valence-electron chi connectivity index (χ4n) is 2.75. The molecule has 0 unspecified atom stereocenters. The van der Waals surface area contributed by atoms with E-state index in [4.69, 9.17) is 4.42 Å². The van der Waals surface area contributed by atoms with Gasteiger partial charge in [0.2, 0.25) is 0 Å². The van der Waals surface area contributed by atoms with Crippen LogP contribution in [-0.4, -0.2) is 11.6 Å². The first kappa shape index (κ1) is 14.8. The lowest BCUT2D eigenvalue weighted by Crippen LogP contribution is -1.99. The summed E-state index contributed by atoms with van der Waals surface area (Å²) in [7, 11) is 0. The lowest BCUT2D eigenvalue weighted by Gasteiger charge is -1.97. The molecule has 0 amide bonds. The van der Waals surface area contributed by atoms with Crippen molar-refractivity contribution in [1.82, 2.24) is 0 Å². The summed E-state index contributed by atoms with van der Waals surface area (Å²) in [5, 5.41) is 0. The molecule has 3 aromatic rings. The van der Waals surface area contributed by atoms with E-state index in [9.17, 15) is 9.59 Å². The van der Waals surface area contributed by atoms with Gasteiger partial charge in [-0.25, -0.2) is 0 Å². The van der Waals surface area contributed by atoms with Gasteiger partial charge in [-0.2, -0.15) is 0 Å². The zero-order valence-electron chi connectivity index (χ0n) is 12.5. The van der Waals surface area contributed by atoms with Crippen molar-refractivity contribution < 1.29 is 14.0 Å². The molecule has 0 saturated carbocycles. The normalized spacial score (nSPS) is 13.3. The van der Waals surface area contributed by atoms with Crippen LogP contribution >= 0.6 is 15.9 Å². The summed E-state index contributed by atoms with van der Waals surface area (Å²) in [6, 6.07) is 18.2. The number of halogens is 1. The van der Waals surface area contributed by atoms with Gasteiger partial charge in [0.25, 0.3) is 0 Å². The molecule has 1 heterocycles. The van der Waals surface area contributed by atoms with Crippen LogP contribution in [0.1, 0.15) is 26.5 Å². The highest BCUT2D eigenvalue weighted by atomic mass is 79.9. The first-order valence-corrected chi connectivity index (χ1v) is 8.19. The summed E-state index contributed by atoms with van der Waals surface area (Å²) in [6.45, 7) is 0. The van der Waals surface area contributed by atoms with E-state index in [1.807, 2.05) is 30.3 Å². The van der Waals surface area contributed by atoms with Crippen LogP contribution in [-0.2, 0) is 0 Å². The Morgan fingerprint density at radius 1 is 0.792 bits per heavy atom. The number of furan rings is 1. The topological polar surface area (TPSA) is 47.3 Å². The highest BCUT2D eigenvalue weighted by Crippen LogP contribution is 2.29. The van der Waals surface area contributed by atoms with Crippen LogP contribution in [0.25, 0.3) is 17.4 Å². The summed E-state index contributed by atoms with van der Waals surface area (Å²) in [5.74, 6) is 0.663. The Morgan fingerprint density at radius 2 is 1.42 bits per heavy atom. The fraction of sp³-hybridized carbons (Fsp3) is 0. The maximum absolute atomic E-state index is 12.4. The van der Waals surface area contributed by atoms with E-state index in [2.05, 4.69) is 15.9 Å². The zero-order chi connectivity index (χ0) is 16.7. The molecular formula is C20H11BrO3. The van der Waals surface area contributed by atoms with Crippen molar-refractivity contribution in [3.8, 4) is 11.3 Å². The number of Topliss-reactive ketones (excluding diaryl/α,β-unsaturated/α-hetero) is 2. The minimum absolute atomic E-state index is 0.146. The molecule has 116 valence electrons. The van der Waals surface area contributed by atoms with Crippen molar-refractivity contribution in [2.24, 2.45) is 0 Å². The van der Waals surface area contributed by atoms with Crippen molar-refractivity contribution in [2.45, 2.75) is 0 Å².